The van der Waals surface area contributed by atoms with Crippen LogP contribution in [-0.4, -0.2) is 29.8 Å². The van der Waals surface area contributed by atoms with Crippen LogP contribution in [0, 0.1) is 5.82 Å². The van der Waals surface area contributed by atoms with E-state index in [9.17, 15) is 14.0 Å². The maximum atomic E-state index is 12.9. The van der Waals surface area contributed by atoms with E-state index >= 15 is 0 Å². The van der Waals surface area contributed by atoms with Crippen molar-refractivity contribution >= 4 is 23.5 Å². The molecule has 0 atom stereocenters. The molecule has 152 valence electrons. The Morgan fingerprint density at radius 2 is 1.73 bits per heavy atom. The summed E-state index contributed by atoms with van der Waals surface area (Å²) in [6.07, 6.45) is 1.50. The van der Waals surface area contributed by atoms with Gasteiger partial charge in [0.25, 0.3) is 11.8 Å². The quantitative estimate of drug-likeness (QED) is 0.444. The number of halogens is 1. The number of rotatable bonds is 5. The van der Waals surface area contributed by atoms with E-state index in [1.807, 2.05) is 0 Å². The molecule has 0 saturated heterocycles. The fourth-order valence-electron chi connectivity index (χ4n) is 2.43. The van der Waals surface area contributed by atoms with Crippen LogP contribution in [-0.2, 0) is 0 Å². The number of guanidine groups is 1. The molecule has 1 aromatic heterocycles. The van der Waals surface area contributed by atoms with Crippen LogP contribution < -0.4 is 21.1 Å². The third kappa shape index (κ3) is 5.16. The normalized spacial score (nSPS) is 10.9. The van der Waals surface area contributed by atoms with E-state index in [1.165, 1.54) is 37.5 Å². The predicted octanol–water partition coefficient (Wildman–Crippen LogP) is 2.75. The zero-order valence-corrected chi connectivity index (χ0v) is 15.9. The van der Waals surface area contributed by atoms with Gasteiger partial charge in [-0.2, -0.15) is 0 Å². The molecule has 30 heavy (non-hydrogen) atoms. The molecule has 4 N–H and O–H groups in total. The van der Waals surface area contributed by atoms with Gasteiger partial charge in [0.1, 0.15) is 11.6 Å². The molecule has 3 rings (SSSR count). The summed E-state index contributed by atoms with van der Waals surface area (Å²) in [4.78, 5) is 32.1. The lowest BCUT2D eigenvalue weighted by Gasteiger charge is -2.09. The van der Waals surface area contributed by atoms with Crippen LogP contribution in [0.4, 0.5) is 10.1 Å². The van der Waals surface area contributed by atoms with Crippen molar-refractivity contribution in [3.8, 4) is 11.5 Å². The molecule has 0 bridgehead atoms. The molecule has 0 saturated carbocycles. The van der Waals surface area contributed by atoms with Crippen LogP contribution in [0.15, 0.2) is 71.9 Å². The SMILES string of the molecule is CNC(=O)c1ncccc1Oc1ccc(N=C(N)NC(=O)c2ccc(F)cc2)cc1. The van der Waals surface area contributed by atoms with Gasteiger partial charge >= 0.3 is 0 Å². The topological polar surface area (TPSA) is 119 Å². The van der Waals surface area contributed by atoms with Crippen molar-refractivity contribution in [3.05, 3.63) is 83.9 Å². The zero-order valence-electron chi connectivity index (χ0n) is 15.9. The Morgan fingerprint density at radius 1 is 1.03 bits per heavy atom. The van der Waals surface area contributed by atoms with Gasteiger partial charge < -0.3 is 15.8 Å². The van der Waals surface area contributed by atoms with Crippen molar-refractivity contribution < 1.29 is 18.7 Å². The van der Waals surface area contributed by atoms with Gasteiger partial charge in [0.2, 0.25) is 5.96 Å². The van der Waals surface area contributed by atoms with Crippen LogP contribution in [0.5, 0.6) is 11.5 Å². The van der Waals surface area contributed by atoms with Crippen molar-refractivity contribution in [1.29, 1.82) is 0 Å². The van der Waals surface area contributed by atoms with Gasteiger partial charge in [0.05, 0.1) is 5.69 Å². The first kappa shape index (κ1) is 20.5. The molecule has 0 aliphatic carbocycles. The second-order valence-corrected chi connectivity index (χ2v) is 5.98. The van der Waals surface area contributed by atoms with E-state index in [2.05, 4.69) is 20.6 Å². The van der Waals surface area contributed by atoms with E-state index in [-0.39, 0.29) is 23.1 Å². The zero-order chi connectivity index (χ0) is 21.5. The Balaban J connectivity index is 1.68. The van der Waals surface area contributed by atoms with Crippen molar-refractivity contribution in [2.24, 2.45) is 10.7 Å². The number of nitrogens with zero attached hydrogens (tertiary/aromatic N) is 2. The van der Waals surface area contributed by atoms with Gasteiger partial charge in [0, 0.05) is 18.8 Å². The number of carbonyl (C=O) groups excluding carboxylic acids is 2. The van der Waals surface area contributed by atoms with Gasteiger partial charge in [-0.15, -0.1) is 0 Å². The van der Waals surface area contributed by atoms with Gasteiger partial charge in [-0.1, -0.05) is 0 Å². The Hall–Kier alpha value is -4.27. The molecule has 1 heterocycles. The van der Waals surface area contributed by atoms with Gasteiger partial charge in [-0.25, -0.2) is 14.4 Å². The molecule has 2 aromatic carbocycles. The first-order valence-electron chi connectivity index (χ1n) is 8.82. The Morgan fingerprint density at radius 3 is 2.40 bits per heavy atom. The number of carbonyl (C=O) groups is 2. The Kier molecular flexibility index (Phi) is 6.33. The summed E-state index contributed by atoms with van der Waals surface area (Å²) in [7, 11) is 1.51. The molecule has 0 aliphatic rings. The Labute approximate surface area is 171 Å². The lowest BCUT2D eigenvalue weighted by Crippen LogP contribution is -2.36. The maximum Gasteiger partial charge on any atom is 0.273 e. The average molecular weight is 407 g/mol. The van der Waals surface area contributed by atoms with Crippen molar-refractivity contribution in [2.75, 3.05) is 7.05 Å². The highest BCUT2D eigenvalue weighted by Crippen LogP contribution is 2.26. The highest BCUT2D eigenvalue weighted by Gasteiger charge is 2.13. The summed E-state index contributed by atoms with van der Waals surface area (Å²) >= 11 is 0. The fraction of sp³-hybridized carbons (Fsp3) is 0.0476. The molecule has 0 fully saturated rings. The van der Waals surface area contributed by atoms with Gasteiger partial charge in [0.15, 0.2) is 11.4 Å². The minimum absolute atomic E-state index is 0.118. The maximum absolute atomic E-state index is 12.9. The van der Waals surface area contributed by atoms with Crippen LogP contribution in [0.3, 0.4) is 0 Å². The number of ether oxygens (including phenoxy) is 1. The minimum atomic E-state index is -0.505. The van der Waals surface area contributed by atoms with E-state index < -0.39 is 11.7 Å². The lowest BCUT2D eigenvalue weighted by molar-refractivity contribution is 0.0952. The van der Waals surface area contributed by atoms with E-state index in [4.69, 9.17) is 10.5 Å². The lowest BCUT2D eigenvalue weighted by atomic mass is 10.2. The van der Waals surface area contributed by atoms with Crippen molar-refractivity contribution in [2.45, 2.75) is 0 Å². The standard InChI is InChI=1S/C21H18FN5O3/c1-24-20(29)18-17(3-2-12-25-18)30-16-10-8-15(9-11-16)26-21(23)27-19(28)13-4-6-14(22)7-5-13/h2-12H,1H3,(H,24,29)(H3,23,26,27,28). The summed E-state index contributed by atoms with van der Waals surface area (Å²) in [5.41, 5.74) is 6.65. The molecule has 9 heteroatoms. The summed E-state index contributed by atoms with van der Waals surface area (Å²) in [5, 5.41) is 4.93. The summed E-state index contributed by atoms with van der Waals surface area (Å²) in [6.45, 7) is 0. The third-order valence-electron chi connectivity index (χ3n) is 3.87. The number of hydrogen-bond acceptors (Lipinski definition) is 5. The van der Waals surface area contributed by atoms with E-state index in [0.717, 1.165) is 0 Å². The molecule has 0 spiro atoms. The first-order chi connectivity index (χ1) is 14.5. The van der Waals surface area contributed by atoms with Gasteiger partial charge in [-0.3, -0.25) is 14.9 Å². The molecule has 0 aliphatic heterocycles. The van der Waals surface area contributed by atoms with Crippen molar-refractivity contribution in [3.63, 3.8) is 0 Å². The summed E-state index contributed by atoms with van der Waals surface area (Å²) in [6, 6.07) is 14.9. The fourth-order valence-corrected chi connectivity index (χ4v) is 2.43. The first-order valence-corrected chi connectivity index (χ1v) is 8.82. The number of aromatic nitrogens is 1. The van der Waals surface area contributed by atoms with Gasteiger partial charge in [-0.05, 0) is 60.7 Å². The summed E-state index contributed by atoms with van der Waals surface area (Å²) < 4.78 is 18.7. The Bertz CT molecular complexity index is 1080. The largest absolute Gasteiger partial charge is 0.455 e. The van der Waals surface area contributed by atoms with E-state index in [0.29, 0.717) is 17.2 Å². The van der Waals surface area contributed by atoms with Crippen molar-refractivity contribution in [1.82, 2.24) is 15.6 Å². The summed E-state index contributed by atoms with van der Waals surface area (Å²) in [5.74, 6) is -0.664. The molecule has 0 radical (unpaired) electrons. The monoisotopic (exact) mass is 407 g/mol. The molecule has 2 amide bonds. The molecule has 0 unspecified atom stereocenters. The predicted molar refractivity (Wildman–Crippen MR) is 109 cm³/mol. The highest BCUT2D eigenvalue weighted by molar-refractivity contribution is 6.05. The number of benzene rings is 2. The molecule has 8 nitrogen and oxygen atoms in total. The number of pyridine rings is 1. The number of nitrogens with two attached hydrogens (primary N) is 1. The number of aliphatic imine (C=N–C) groups is 1. The van der Waals surface area contributed by atoms with Crippen LogP contribution >= 0.6 is 0 Å². The second kappa shape index (κ2) is 9.28. The molecule has 3 aromatic rings. The van der Waals surface area contributed by atoms with Crippen LogP contribution in [0.1, 0.15) is 20.8 Å². The minimum Gasteiger partial charge on any atom is -0.455 e. The average Bonchev–Trinajstić information content (AvgIpc) is 2.75. The third-order valence-corrected chi connectivity index (χ3v) is 3.87. The number of amides is 2. The van der Waals surface area contributed by atoms with Crippen LogP contribution in [0.25, 0.3) is 0 Å². The highest BCUT2D eigenvalue weighted by atomic mass is 19.1. The van der Waals surface area contributed by atoms with E-state index in [1.54, 1.807) is 36.4 Å². The number of nitrogens with one attached hydrogen (secondary N) is 2. The molecular formula is C21H18FN5O3. The second-order valence-electron chi connectivity index (χ2n) is 5.98. The number of hydrogen-bond donors (Lipinski definition) is 3. The molecular weight excluding hydrogens is 389 g/mol. The smallest absolute Gasteiger partial charge is 0.273 e. The van der Waals surface area contributed by atoms with Crippen LogP contribution in [0.2, 0.25) is 0 Å².